The van der Waals surface area contributed by atoms with E-state index in [0.717, 1.165) is 60.5 Å². The minimum atomic E-state index is 0.794. The smallest absolute Gasteiger partial charge is 0.156 e. The Balaban J connectivity index is 2.00. The van der Waals surface area contributed by atoms with E-state index in [-0.39, 0.29) is 0 Å². The largest absolute Gasteiger partial charge is 0.494 e. The first-order valence-electron chi connectivity index (χ1n) is 9.45. The van der Waals surface area contributed by atoms with Gasteiger partial charge in [0.25, 0.3) is 0 Å². The molecule has 5 heteroatoms. The second kappa shape index (κ2) is 7.77. The van der Waals surface area contributed by atoms with Gasteiger partial charge in [-0.15, -0.1) is 0 Å². The Morgan fingerprint density at radius 3 is 2.08 bits per heavy atom. The van der Waals surface area contributed by atoms with Gasteiger partial charge in [-0.2, -0.15) is 0 Å². The summed E-state index contributed by atoms with van der Waals surface area (Å²) in [6.45, 7) is 12.5. The molecule has 26 heavy (non-hydrogen) atoms. The van der Waals surface area contributed by atoms with Gasteiger partial charge >= 0.3 is 0 Å². The van der Waals surface area contributed by atoms with Crippen LogP contribution in [0.3, 0.4) is 0 Å². The highest BCUT2D eigenvalue weighted by Crippen LogP contribution is 2.49. The van der Waals surface area contributed by atoms with Crippen molar-refractivity contribution < 1.29 is 9.47 Å². The average Bonchev–Trinajstić information content (AvgIpc) is 2.67. The van der Waals surface area contributed by atoms with Gasteiger partial charge in [0.1, 0.15) is 11.4 Å². The summed E-state index contributed by atoms with van der Waals surface area (Å²) >= 11 is 0. The number of benzene rings is 2. The van der Waals surface area contributed by atoms with Crippen LogP contribution in [0.25, 0.3) is 0 Å². The van der Waals surface area contributed by atoms with Gasteiger partial charge in [-0.25, -0.2) is 0 Å². The quantitative estimate of drug-likeness (QED) is 0.627. The van der Waals surface area contributed by atoms with Crippen molar-refractivity contribution in [3.8, 4) is 17.2 Å². The van der Waals surface area contributed by atoms with Crippen LogP contribution in [0.1, 0.15) is 27.7 Å². The molecule has 0 saturated carbocycles. The Morgan fingerprint density at radius 1 is 0.846 bits per heavy atom. The Labute approximate surface area is 156 Å². The SMILES string of the molecule is CCN(CC)c1ccc2c(c1)Oc1cc(N(CC)CC)cc(OC)c1N2. The summed E-state index contributed by atoms with van der Waals surface area (Å²) < 4.78 is 11.9. The average molecular weight is 355 g/mol. The fourth-order valence-electron chi connectivity index (χ4n) is 3.45. The van der Waals surface area contributed by atoms with E-state index in [1.165, 1.54) is 5.69 Å². The highest BCUT2D eigenvalue weighted by molar-refractivity contribution is 5.83. The summed E-state index contributed by atoms with van der Waals surface area (Å²) in [5, 5.41) is 3.48. The van der Waals surface area contributed by atoms with Crippen LogP contribution < -0.4 is 24.6 Å². The minimum Gasteiger partial charge on any atom is -0.494 e. The maximum Gasteiger partial charge on any atom is 0.156 e. The zero-order valence-electron chi connectivity index (χ0n) is 16.4. The van der Waals surface area contributed by atoms with Gasteiger partial charge in [0.05, 0.1) is 12.8 Å². The van der Waals surface area contributed by atoms with Crippen LogP contribution in [-0.2, 0) is 0 Å². The zero-order valence-corrected chi connectivity index (χ0v) is 16.4. The first-order valence-corrected chi connectivity index (χ1v) is 9.45. The topological polar surface area (TPSA) is 37.0 Å². The van der Waals surface area contributed by atoms with E-state index in [4.69, 9.17) is 9.47 Å². The lowest BCUT2D eigenvalue weighted by atomic mass is 10.1. The van der Waals surface area contributed by atoms with Crippen molar-refractivity contribution in [1.82, 2.24) is 0 Å². The summed E-state index contributed by atoms with van der Waals surface area (Å²) in [6, 6.07) is 10.5. The normalized spacial score (nSPS) is 11.7. The molecule has 1 aliphatic rings. The van der Waals surface area contributed by atoms with E-state index >= 15 is 0 Å². The number of nitrogens with zero attached hydrogens (tertiary/aromatic N) is 2. The van der Waals surface area contributed by atoms with Crippen molar-refractivity contribution in [2.45, 2.75) is 27.7 Å². The Morgan fingerprint density at radius 2 is 1.46 bits per heavy atom. The third-order valence-electron chi connectivity index (χ3n) is 4.97. The fraction of sp³-hybridized carbons (Fsp3) is 0.429. The van der Waals surface area contributed by atoms with Crippen LogP contribution in [0.4, 0.5) is 22.7 Å². The van der Waals surface area contributed by atoms with Crippen molar-refractivity contribution in [3.63, 3.8) is 0 Å². The van der Waals surface area contributed by atoms with E-state index in [0.29, 0.717) is 0 Å². The lowest BCUT2D eigenvalue weighted by molar-refractivity contribution is 0.410. The molecular weight excluding hydrogens is 326 g/mol. The molecule has 2 aromatic rings. The number of hydrogen-bond donors (Lipinski definition) is 1. The molecule has 0 radical (unpaired) electrons. The van der Waals surface area contributed by atoms with Crippen LogP contribution >= 0.6 is 0 Å². The predicted molar refractivity (Wildman–Crippen MR) is 110 cm³/mol. The molecule has 0 amide bonds. The monoisotopic (exact) mass is 355 g/mol. The third-order valence-corrected chi connectivity index (χ3v) is 4.97. The van der Waals surface area contributed by atoms with Gasteiger partial charge in [-0.05, 0) is 39.8 Å². The summed E-state index contributed by atoms with van der Waals surface area (Å²) in [5.74, 6) is 2.44. The van der Waals surface area contributed by atoms with Crippen molar-refractivity contribution in [2.24, 2.45) is 0 Å². The molecule has 2 aromatic carbocycles. The lowest BCUT2D eigenvalue weighted by Gasteiger charge is -2.29. The Hall–Kier alpha value is -2.56. The highest BCUT2D eigenvalue weighted by atomic mass is 16.5. The number of fused-ring (bicyclic) bond motifs is 2. The molecular formula is C21H29N3O2. The molecule has 0 saturated heterocycles. The van der Waals surface area contributed by atoms with Crippen LogP contribution in [0.2, 0.25) is 0 Å². The number of rotatable bonds is 7. The first kappa shape index (κ1) is 18.2. The number of nitrogens with one attached hydrogen (secondary N) is 1. The molecule has 3 rings (SSSR count). The third kappa shape index (κ3) is 3.26. The molecule has 0 unspecified atom stereocenters. The molecule has 140 valence electrons. The molecule has 1 aliphatic heterocycles. The Kier molecular flexibility index (Phi) is 5.45. The Bertz CT molecular complexity index is 768. The minimum absolute atomic E-state index is 0.794. The lowest BCUT2D eigenvalue weighted by Crippen LogP contribution is -2.22. The van der Waals surface area contributed by atoms with Crippen LogP contribution in [0.15, 0.2) is 30.3 Å². The second-order valence-corrected chi connectivity index (χ2v) is 6.27. The highest BCUT2D eigenvalue weighted by Gasteiger charge is 2.23. The molecule has 1 N–H and O–H groups in total. The van der Waals surface area contributed by atoms with E-state index in [1.807, 2.05) is 0 Å². The van der Waals surface area contributed by atoms with Crippen LogP contribution in [0.5, 0.6) is 17.2 Å². The number of ether oxygens (including phenoxy) is 2. The summed E-state index contributed by atoms with van der Waals surface area (Å²) in [6.07, 6.45) is 0. The van der Waals surface area contributed by atoms with Crippen molar-refractivity contribution in [3.05, 3.63) is 30.3 Å². The number of methoxy groups -OCH3 is 1. The fourth-order valence-corrected chi connectivity index (χ4v) is 3.45. The molecule has 0 fully saturated rings. The van der Waals surface area contributed by atoms with E-state index in [2.05, 4.69) is 73.1 Å². The summed E-state index contributed by atoms with van der Waals surface area (Å²) in [5.41, 5.74) is 4.12. The van der Waals surface area contributed by atoms with Gasteiger partial charge in [-0.3, -0.25) is 0 Å². The molecule has 1 heterocycles. The van der Waals surface area contributed by atoms with Gasteiger partial charge < -0.3 is 24.6 Å². The molecule has 0 aliphatic carbocycles. The zero-order chi connectivity index (χ0) is 18.7. The molecule has 5 nitrogen and oxygen atoms in total. The second-order valence-electron chi connectivity index (χ2n) is 6.27. The maximum absolute atomic E-state index is 6.28. The maximum atomic E-state index is 6.28. The molecule has 0 bridgehead atoms. The van der Waals surface area contributed by atoms with Crippen molar-refractivity contribution >= 4 is 22.7 Å². The van der Waals surface area contributed by atoms with Gasteiger partial charge in [0.2, 0.25) is 0 Å². The van der Waals surface area contributed by atoms with E-state index < -0.39 is 0 Å². The number of hydrogen-bond acceptors (Lipinski definition) is 5. The van der Waals surface area contributed by atoms with Gasteiger partial charge in [-0.1, -0.05) is 0 Å². The van der Waals surface area contributed by atoms with E-state index in [1.54, 1.807) is 7.11 Å². The standard InChI is InChI=1S/C21H29N3O2/c1-6-23(7-2)15-10-11-17-18(12-15)26-20-14-16(24(8-3)9-4)13-19(25-5)21(20)22-17/h10-14,22H,6-9H2,1-5H3. The van der Waals surface area contributed by atoms with E-state index in [9.17, 15) is 0 Å². The van der Waals surface area contributed by atoms with Crippen LogP contribution in [-0.4, -0.2) is 33.3 Å². The predicted octanol–water partition coefficient (Wildman–Crippen LogP) is 5.24. The van der Waals surface area contributed by atoms with Crippen molar-refractivity contribution in [1.29, 1.82) is 0 Å². The molecule has 0 atom stereocenters. The van der Waals surface area contributed by atoms with Crippen molar-refractivity contribution in [2.75, 3.05) is 48.4 Å². The van der Waals surface area contributed by atoms with Crippen LogP contribution in [0, 0.1) is 0 Å². The molecule has 0 spiro atoms. The summed E-state index contributed by atoms with van der Waals surface area (Å²) in [7, 11) is 1.70. The molecule has 0 aromatic heterocycles. The first-order chi connectivity index (χ1) is 12.6. The summed E-state index contributed by atoms with van der Waals surface area (Å²) in [4.78, 5) is 4.60. The van der Waals surface area contributed by atoms with Gasteiger partial charge in [0.15, 0.2) is 11.5 Å². The number of anilines is 4. The van der Waals surface area contributed by atoms with Gasteiger partial charge in [0, 0.05) is 55.8 Å².